The minimum atomic E-state index is 0.389. The Morgan fingerprint density at radius 1 is 1.18 bits per heavy atom. The van der Waals surface area contributed by atoms with Gasteiger partial charge in [0.2, 0.25) is 0 Å². The molecule has 2 aliphatic carbocycles. The van der Waals surface area contributed by atoms with E-state index in [-0.39, 0.29) is 0 Å². The predicted octanol–water partition coefficient (Wildman–Crippen LogP) is 2.77. The fraction of sp³-hybridized carbons (Fsp3) is 1.00. The molecular weight excluding hydrogens is 208 g/mol. The molecule has 2 fully saturated rings. The Bertz CT molecular complexity index is 256. The molecular formula is C15H30N2. The van der Waals surface area contributed by atoms with Crippen molar-refractivity contribution < 1.29 is 0 Å². The average Bonchev–Trinajstić information content (AvgIpc) is 2.22. The van der Waals surface area contributed by atoms with Crippen LogP contribution in [0.5, 0.6) is 0 Å². The standard InChI is InChI=1S/C15H30N2/c1-10-7-13(8-10)17-9-12-5-6-14(16)11(2)15(12,3)4/h10-14,17H,5-9,16H2,1-4H3. The molecule has 3 atom stereocenters. The molecule has 2 rings (SSSR count). The van der Waals surface area contributed by atoms with Crippen LogP contribution in [0, 0.1) is 23.2 Å². The van der Waals surface area contributed by atoms with E-state index >= 15 is 0 Å². The largest absolute Gasteiger partial charge is 0.327 e. The van der Waals surface area contributed by atoms with Crippen LogP contribution in [0.1, 0.15) is 53.4 Å². The van der Waals surface area contributed by atoms with Gasteiger partial charge in [-0.1, -0.05) is 27.7 Å². The summed E-state index contributed by atoms with van der Waals surface area (Å²) in [6, 6.07) is 1.21. The van der Waals surface area contributed by atoms with E-state index in [1.165, 1.54) is 32.2 Å². The fourth-order valence-electron chi connectivity index (χ4n) is 3.68. The minimum absolute atomic E-state index is 0.389. The number of hydrogen-bond donors (Lipinski definition) is 2. The predicted molar refractivity (Wildman–Crippen MR) is 73.8 cm³/mol. The summed E-state index contributed by atoms with van der Waals surface area (Å²) in [7, 11) is 0. The second-order valence-corrected chi connectivity index (χ2v) is 7.23. The summed E-state index contributed by atoms with van der Waals surface area (Å²) in [4.78, 5) is 0. The second kappa shape index (κ2) is 4.89. The number of rotatable bonds is 3. The first-order valence-electron chi connectivity index (χ1n) is 7.40. The van der Waals surface area contributed by atoms with E-state index in [0.717, 1.165) is 17.9 Å². The zero-order valence-electron chi connectivity index (χ0n) is 12.0. The first kappa shape index (κ1) is 13.4. The van der Waals surface area contributed by atoms with Crippen molar-refractivity contribution in [3.8, 4) is 0 Å². The Morgan fingerprint density at radius 2 is 1.82 bits per heavy atom. The lowest BCUT2D eigenvalue weighted by molar-refractivity contribution is 0.0485. The Hall–Kier alpha value is -0.0800. The summed E-state index contributed by atoms with van der Waals surface area (Å²) >= 11 is 0. The van der Waals surface area contributed by atoms with Gasteiger partial charge in [0, 0.05) is 12.1 Å². The third-order valence-electron chi connectivity index (χ3n) is 5.74. The molecule has 0 spiro atoms. The van der Waals surface area contributed by atoms with E-state index in [4.69, 9.17) is 5.73 Å². The van der Waals surface area contributed by atoms with Crippen molar-refractivity contribution in [1.29, 1.82) is 0 Å². The van der Waals surface area contributed by atoms with E-state index in [2.05, 4.69) is 33.0 Å². The van der Waals surface area contributed by atoms with Gasteiger partial charge in [-0.15, -0.1) is 0 Å². The second-order valence-electron chi connectivity index (χ2n) is 7.23. The summed E-state index contributed by atoms with van der Waals surface area (Å²) in [6.45, 7) is 10.7. The zero-order chi connectivity index (χ0) is 12.6. The van der Waals surface area contributed by atoms with Crippen LogP contribution in [0.3, 0.4) is 0 Å². The monoisotopic (exact) mass is 238 g/mol. The molecule has 0 heterocycles. The van der Waals surface area contributed by atoms with Crippen LogP contribution in [0.2, 0.25) is 0 Å². The maximum absolute atomic E-state index is 6.21. The quantitative estimate of drug-likeness (QED) is 0.793. The molecule has 3 unspecified atom stereocenters. The summed E-state index contributed by atoms with van der Waals surface area (Å²) in [5, 5.41) is 3.77. The highest BCUT2D eigenvalue weighted by Gasteiger charge is 2.41. The van der Waals surface area contributed by atoms with Crippen LogP contribution in [-0.2, 0) is 0 Å². The van der Waals surface area contributed by atoms with Crippen molar-refractivity contribution in [2.75, 3.05) is 6.54 Å². The molecule has 0 aromatic heterocycles. The molecule has 0 aliphatic heterocycles. The van der Waals surface area contributed by atoms with E-state index < -0.39 is 0 Å². The van der Waals surface area contributed by atoms with Crippen LogP contribution >= 0.6 is 0 Å². The van der Waals surface area contributed by atoms with Crippen LogP contribution in [0.15, 0.2) is 0 Å². The van der Waals surface area contributed by atoms with Crippen LogP contribution in [0.25, 0.3) is 0 Å². The SMILES string of the molecule is CC1CC(NCC2CCC(N)C(C)C2(C)C)C1. The zero-order valence-corrected chi connectivity index (χ0v) is 12.0. The minimum Gasteiger partial charge on any atom is -0.327 e. The van der Waals surface area contributed by atoms with Crippen LogP contribution in [-0.4, -0.2) is 18.6 Å². The molecule has 0 saturated heterocycles. The Kier molecular flexibility index (Phi) is 3.84. The Balaban J connectivity index is 1.83. The number of hydrogen-bond acceptors (Lipinski definition) is 2. The van der Waals surface area contributed by atoms with Gasteiger partial charge in [0.05, 0.1) is 0 Å². The van der Waals surface area contributed by atoms with Gasteiger partial charge in [0.25, 0.3) is 0 Å². The molecule has 17 heavy (non-hydrogen) atoms. The van der Waals surface area contributed by atoms with Gasteiger partial charge in [-0.3, -0.25) is 0 Å². The highest BCUT2D eigenvalue weighted by molar-refractivity contribution is 4.95. The summed E-state index contributed by atoms with van der Waals surface area (Å²) < 4.78 is 0. The molecule has 0 amide bonds. The topological polar surface area (TPSA) is 38.0 Å². The smallest absolute Gasteiger partial charge is 0.00722 e. The molecule has 0 aromatic rings. The Labute approximate surface area is 107 Å². The maximum Gasteiger partial charge on any atom is 0.00722 e. The normalized spacial score (nSPS) is 45.4. The highest BCUT2D eigenvalue weighted by atomic mass is 14.9. The Morgan fingerprint density at radius 3 is 2.41 bits per heavy atom. The van der Waals surface area contributed by atoms with Gasteiger partial charge >= 0.3 is 0 Å². The average molecular weight is 238 g/mol. The fourth-order valence-corrected chi connectivity index (χ4v) is 3.68. The van der Waals surface area contributed by atoms with E-state index in [1.54, 1.807) is 0 Å². The first-order valence-corrected chi connectivity index (χ1v) is 7.40. The third-order valence-corrected chi connectivity index (χ3v) is 5.74. The highest BCUT2D eigenvalue weighted by Crippen LogP contribution is 2.44. The van der Waals surface area contributed by atoms with E-state index in [9.17, 15) is 0 Å². The van der Waals surface area contributed by atoms with Gasteiger partial charge < -0.3 is 11.1 Å². The van der Waals surface area contributed by atoms with Crippen LogP contribution in [0.4, 0.5) is 0 Å². The van der Waals surface area contributed by atoms with Gasteiger partial charge in [-0.05, 0) is 55.4 Å². The van der Waals surface area contributed by atoms with Gasteiger partial charge in [-0.25, -0.2) is 0 Å². The lowest BCUT2D eigenvalue weighted by Gasteiger charge is -2.48. The lowest BCUT2D eigenvalue weighted by Crippen LogP contribution is -2.51. The van der Waals surface area contributed by atoms with Gasteiger partial charge in [0.1, 0.15) is 0 Å². The molecule has 0 radical (unpaired) electrons. The molecule has 2 nitrogen and oxygen atoms in total. The molecule has 2 heteroatoms. The van der Waals surface area contributed by atoms with Crippen molar-refractivity contribution in [3.05, 3.63) is 0 Å². The number of nitrogens with one attached hydrogen (secondary N) is 1. The molecule has 3 N–H and O–H groups in total. The first-order chi connectivity index (χ1) is 7.91. The molecule has 2 aliphatic rings. The van der Waals surface area contributed by atoms with Crippen molar-refractivity contribution in [1.82, 2.24) is 5.32 Å². The van der Waals surface area contributed by atoms with Gasteiger partial charge in [-0.2, -0.15) is 0 Å². The van der Waals surface area contributed by atoms with Crippen molar-refractivity contribution in [2.45, 2.75) is 65.5 Å². The van der Waals surface area contributed by atoms with Crippen molar-refractivity contribution >= 4 is 0 Å². The van der Waals surface area contributed by atoms with Crippen molar-refractivity contribution in [2.24, 2.45) is 28.9 Å². The van der Waals surface area contributed by atoms with Crippen molar-refractivity contribution in [3.63, 3.8) is 0 Å². The number of nitrogens with two attached hydrogens (primary N) is 1. The molecule has 0 bridgehead atoms. The molecule has 100 valence electrons. The van der Waals surface area contributed by atoms with Gasteiger partial charge in [0.15, 0.2) is 0 Å². The molecule has 2 saturated carbocycles. The van der Waals surface area contributed by atoms with E-state index in [0.29, 0.717) is 17.4 Å². The molecule has 0 aromatic carbocycles. The summed E-state index contributed by atoms with van der Waals surface area (Å²) in [5.74, 6) is 2.38. The summed E-state index contributed by atoms with van der Waals surface area (Å²) in [6.07, 6.45) is 5.26. The third kappa shape index (κ3) is 2.68. The summed E-state index contributed by atoms with van der Waals surface area (Å²) in [5.41, 5.74) is 6.60. The lowest BCUT2D eigenvalue weighted by atomic mass is 9.61. The van der Waals surface area contributed by atoms with Crippen LogP contribution < -0.4 is 11.1 Å². The maximum atomic E-state index is 6.21. The van der Waals surface area contributed by atoms with E-state index in [1.807, 2.05) is 0 Å².